The summed E-state index contributed by atoms with van der Waals surface area (Å²) in [5.74, 6) is 1.37. The number of sulfonamides is 1. The van der Waals surface area contributed by atoms with Gasteiger partial charge in [-0.1, -0.05) is 17.8 Å². The Kier molecular flexibility index (Phi) is 5.99. The Labute approximate surface area is 192 Å². The first-order valence-electron chi connectivity index (χ1n) is 11.0. The van der Waals surface area contributed by atoms with E-state index in [9.17, 15) is 13.2 Å². The van der Waals surface area contributed by atoms with E-state index in [4.69, 9.17) is 4.74 Å². The van der Waals surface area contributed by atoms with E-state index in [0.29, 0.717) is 44.0 Å². The number of thioether (sulfide) groups is 1. The minimum Gasteiger partial charge on any atom is -0.379 e. The Morgan fingerprint density at radius 2 is 1.94 bits per heavy atom. The van der Waals surface area contributed by atoms with Crippen LogP contribution >= 0.6 is 11.8 Å². The molecule has 1 aliphatic heterocycles. The molecule has 1 amide bonds. The van der Waals surface area contributed by atoms with Gasteiger partial charge < -0.3 is 14.6 Å². The first-order valence-corrected chi connectivity index (χ1v) is 13.4. The number of aromatic nitrogens is 3. The van der Waals surface area contributed by atoms with E-state index in [0.717, 1.165) is 36.7 Å². The topological polar surface area (TPSA) is 106 Å². The van der Waals surface area contributed by atoms with Gasteiger partial charge in [-0.3, -0.25) is 4.79 Å². The number of hydrogen-bond donors (Lipinski definition) is 1. The standard InChI is InChI=1S/C21H27N5O4S2/c1-14(31-21-24-23-19(15-5-6-15)26(21)17-7-8-17)20(27)22-16-3-2-4-18(13-16)32(28,29)25-9-11-30-12-10-25/h2-4,13-15,17H,5-12H2,1H3,(H,22,27)/t14-/m0/s1. The normalized spacial score (nSPS) is 20.8. The molecule has 2 heterocycles. The van der Waals surface area contributed by atoms with Gasteiger partial charge in [-0.25, -0.2) is 8.42 Å². The highest BCUT2D eigenvalue weighted by Crippen LogP contribution is 2.46. The molecule has 2 aliphatic carbocycles. The summed E-state index contributed by atoms with van der Waals surface area (Å²) in [7, 11) is -3.62. The second kappa shape index (κ2) is 8.77. The number of nitrogens with zero attached hydrogens (tertiary/aromatic N) is 4. The van der Waals surface area contributed by atoms with Crippen LogP contribution in [0.25, 0.3) is 0 Å². The molecule has 5 rings (SSSR count). The summed E-state index contributed by atoms with van der Waals surface area (Å²) < 4.78 is 34.7. The largest absolute Gasteiger partial charge is 0.379 e. The Bertz CT molecular complexity index is 1110. The third-order valence-corrected chi connectivity index (χ3v) is 8.86. The molecule has 32 heavy (non-hydrogen) atoms. The third-order valence-electron chi connectivity index (χ3n) is 5.91. The van der Waals surface area contributed by atoms with E-state index in [1.807, 2.05) is 6.92 Å². The first kappa shape index (κ1) is 21.9. The van der Waals surface area contributed by atoms with Gasteiger partial charge in [0.05, 0.1) is 23.4 Å². The lowest BCUT2D eigenvalue weighted by atomic mass is 10.3. The zero-order valence-electron chi connectivity index (χ0n) is 17.9. The average Bonchev–Trinajstić information content (AvgIpc) is 3.73. The number of benzene rings is 1. The van der Waals surface area contributed by atoms with Gasteiger partial charge in [-0.15, -0.1) is 10.2 Å². The fourth-order valence-corrected chi connectivity index (χ4v) is 6.17. The summed E-state index contributed by atoms with van der Waals surface area (Å²) >= 11 is 1.40. The lowest BCUT2D eigenvalue weighted by Crippen LogP contribution is -2.40. The lowest BCUT2D eigenvalue weighted by Gasteiger charge is -2.26. The van der Waals surface area contributed by atoms with E-state index in [1.165, 1.54) is 22.1 Å². The molecule has 3 fully saturated rings. The highest BCUT2D eigenvalue weighted by atomic mass is 32.2. The van der Waals surface area contributed by atoms with Gasteiger partial charge in [0, 0.05) is 30.7 Å². The molecule has 3 aliphatic rings. The number of amides is 1. The van der Waals surface area contributed by atoms with Crippen LogP contribution < -0.4 is 5.32 Å². The van der Waals surface area contributed by atoms with Crippen LogP contribution in [0, 0.1) is 0 Å². The Hall–Kier alpha value is -1.95. The van der Waals surface area contributed by atoms with Crippen molar-refractivity contribution >= 4 is 33.4 Å². The van der Waals surface area contributed by atoms with Gasteiger partial charge in [0.15, 0.2) is 5.16 Å². The summed E-state index contributed by atoms with van der Waals surface area (Å²) in [6, 6.07) is 6.87. The molecule has 1 N–H and O–H groups in total. The fourth-order valence-electron chi connectivity index (χ4n) is 3.79. The summed E-state index contributed by atoms with van der Waals surface area (Å²) in [4.78, 5) is 13.0. The van der Waals surface area contributed by atoms with Gasteiger partial charge in [-0.05, 0) is 50.8 Å². The third kappa shape index (κ3) is 4.57. The van der Waals surface area contributed by atoms with Gasteiger partial charge in [0.1, 0.15) is 5.82 Å². The molecule has 0 bridgehead atoms. The number of hydrogen-bond acceptors (Lipinski definition) is 7. The van der Waals surface area contributed by atoms with Gasteiger partial charge in [-0.2, -0.15) is 4.31 Å². The molecule has 1 saturated heterocycles. The van der Waals surface area contributed by atoms with Gasteiger partial charge >= 0.3 is 0 Å². The van der Waals surface area contributed by atoms with Crippen molar-refractivity contribution in [2.75, 3.05) is 31.6 Å². The maximum absolute atomic E-state index is 12.9. The monoisotopic (exact) mass is 477 g/mol. The molecule has 0 radical (unpaired) electrons. The molecule has 2 saturated carbocycles. The number of carbonyl (C=O) groups excluding carboxylic acids is 1. The molecule has 9 nitrogen and oxygen atoms in total. The maximum Gasteiger partial charge on any atom is 0.243 e. The highest BCUT2D eigenvalue weighted by molar-refractivity contribution is 8.00. The Balaban J connectivity index is 1.27. The van der Waals surface area contributed by atoms with Crippen molar-refractivity contribution in [3.05, 3.63) is 30.1 Å². The molecule has 172 valence electrons. The van der Waals surface area contributed by atoms with Crippen molar-refractivity contribution in [2.24, 2.45) is 0 Å². The van der Waals surface area contributed by atoms with Crippen molar-refractivity contribution in [2.45, 2.75) is 59.9 Å². The van der Waals surface area contributed by atoms with Crippen LogP contribution in [0.1, 0.15) is 50.4 Å². The van der Waals surface area contributed by atoms with Crippen LogP contribution in [0.4, 0.5) is 5.69 Å². The minimum atomic E-state index is -3.62. The fraction of sp³-hybridized carbons (Fsp3) is 0.571. The first-order chi connectivity index (χ1) is 15.4. The van der Waals surface area contributed by atoms with Gasteiger partial charge in [0.2, 0.25) is 15.9 Å². The van der Waals surface area contributed by atoms with E-state index in [1.54, 1.807) is 18.2 Å². The van der Waals surface area contributed by atoms with Crippen LogP contribution in [-0.4, -0.2) is 64.9 Å². The van der Waals surface area contributed by atoms with Crippen molar-refractivity contribution in [3.63, 3.8) is 0 Å². The summed E-state index contributed by atoms with van der Waals surface area (Å²) in [5.41, 5.74) is 0.458. The maximum atomic E-state index is 12.9. The molecule has 1 atom stereocenters. The molecular formula is C21H27N5O4S2. The second-order valence-electron chi connectivity index (χ2n) is 8.51. The van der Waals surface area contributed by atoms with Crippen molar-refractivity contribution in [1.29, 1.82) is 0 Å². The smallest absolute Gasteiger partial charge is 0.243 e. The summed E-state index contributed by atoms with van der Waals surface area (Å²) in [6.07, 6.45) is 4.59. The van der Waals surface area contributed by atoms with Crippen LogP contribution in [0.15, 0.2) is 34.3 Å². The van der Waals surface area contributed by atoms with E-state index in [-0.39, 0.29) is 10.8 Å². The average molecular weight is 478 g/mol. The van der Waals surface area contributed by atoms with E-state index < -0.39 is 15.3 Å². The number of morpholine rings is 1. The van der Waals surface area contributed by atoms with Crippen molar-refractivity contribution < 1.29 is 17.9 Å². The Morgan fingerprint density at radius 1 is 1.19 bits per heavy atom. The van der Waals surface area contributed by atoms with Crippen LogP contribution in [0.3, 0.4) is 0 Å². The van der Waals surface area contributed by atoms with Crippen LogP contribution in [-0.2, 0) is 19.6 Å². The zero-order valence-corrected chi connectivity index (χ0v) is 19.6. The summed E-state index contributed by atoms with van der Waals surface area (Å²) in [6.45, 7) is 3.27. The molecule has 1 aromatic heterocycles. The van der Waals surface area contributed by atoms with Crippen LogP contribution in [0.5, 0.6) is 0 Å². The number of rotatable bonds is 8. The van der Waals surface area contributed by atoms with Crippen molar-refractivity contribution in [1.82, 2.24) is 19.1 Å². The Morgan fingerprint density at radius 3 is 2.62 bits per heavy atom. The number of ether oxygens (including phenoxy) is 1. The molecule has 11 heteroatoms. The van der Waals surface area contributed by atoms with Crippen molar-refractivity contribution in [3.8, 4) is 0 Å². The lowest BCUT2D eigenvalue weighted by molar-refractivity contribution is -0.115. The number of carbonyl (C=O) groups is 1. The second-order valence-corrected chi connectivity index (χ2v) is 11.8. The SMILES string of the molecule is C[C@H](Sc1nnc(C2CC2)n1C1CC1)C(=O)Nc1cccc(S(=O)(=O)N2CCOCC2)c1. The molecular weight excluding hydrogens is 450 g/mol. The van der Waals surface area contributed by atoms with Crippen LogP contribution in [0.2, 0.25) is 0 Å². The highest BCUT2D eigenvalue weighted by Gasteiger charge is 2.37. The molecule has 0 spiro atoms. The predicted octanol–water partition coefficient (Wildman–Crippen LogP) is 2.63. The van der Waals surface area contributed by atoms with Gasteiger partial charge in [0.25, 0.3) is 0 Å². The van der Waals surface area contributed by atoms with E-state index in [2.05, 4.69) is 20.1 Å². The zero-order chi connectivity index (χ0) is 22.3. The van der Waals surface area contributed by atoms with E-state index >= 15 is 0 Å². The molecule has 0 unspecified atom stereocenters. The minimum absolute atomic E-state index is 0.167. The molecule has 2 aromatic rings. The predicted molar refractivity (Wildman–Crippen MR) is 120 cm³/mol. The number of anilines is 1. The summed E-state index contributed by atoms with van der Waals surface area (Å²) in [5, 5.41) is 12.0. The number of nitrogens with one attached hydrogen (secondary N) is 1. The quantitative estimate of drug-likeness (QED) is 0.583. The molecule has 1 aromatic carbocycles.